The van der Waals surface area contributed by atoms with Crippen molar-refractivity contribution in [3.05, 3.63) is 76.2 Å². The molecule has 1 N–H and O–H groups in total. The van der Waals surface area contributed by atoms with Gasteiger partial charge in [-0.2, -0.15) is 0 Å². The van der Waals surface area contributed by atoms with E-state index < -0.39 is 11.9 Å². The number of amides is 2. The van der Waals surface area contributed by atoms with Crippen molar-refractivity contribution in [3.8, 4) is 5.75 Å². The summed E-state index contributed by atoms with van der Waals surface area (Å²) in [5, 5.41) is 2.74. The summed E-state index contributed by atoms with van der Waals surface area (Å²) in [5.41, 5.74) is 2.13. The standard InChI is InChI=1S/C22H17BrN2O6/c1-29-22(28)14-4-2-3-13(9-14)11-25-16-10-15(5-6-17(16)30-12-20(25)26)24-21(27)18-7-8-19(23)31-18/h2-10H,11-12H2,1H3,(H,24,27). The summed E-state index contributed by atoms with van der Waals surface area (Å²) >= 11 is 3.16. The van der Waals surface area contributed by atoms with E-state index in [4.69, 9.17) is 13.9 Å². The topological polar surface area (TPSA) is 98.1 Å². The van der Waals surface area contributed by atoms with Gasteiger partial charge < -0.3 is 24.1 Å². The largest absolute Gasteiger partial charge is 0.482 e. The number of nitrogens with zero attached hydrogens (tertiary/aromatic N) is 1. The minimum atomic E-state index is -0.454. The molecule has 0 radical (unpaired) electrons. The third kappa shape index (κ3) is 4.46. The van der Waals surface area contributed by atoms with Gasteiger partial charge >= 0.3 is 5.97 Å². The van der Waals surface area contributed by atoms with Gasteiger partial charge in [0.25, 0.3) is 11.8 Å². The number of esters is 1. The molecule has 8 nitrogen and oxygen atoms in total. The highest BCUT2D eigenvalue weighted by atomic mass is 79.9. The lowest BCUT2D eigenvalue weighted by molar-refractivity contribution is -0.121. The van der Waals surface area contributed by atoms with Crippen LogP contribution in [0.3, 0.4) is 0 Å². The Balaban J connectivity index is 1.60. The van der Waals surface area contributed by atoms with E-state index in [-0.39, 0.29) is 24.8 Å². The predicted octanol–water partition coefficient (Wildman–Crippen LogP) is 4.01. The van der Waals surface area contributed by atoms with Gasteiger partial charge in [-0.3, -0.25) is 9.59 Å². The molecule has 0 unspecified atom stereocenters. The molecule has 0 saturated carbocycles. The van der Waals surface area contributed by atoms with Crippen molar-refractivity contribution in [1.82, 2.24) is 0 Å². The molecule has 0 spiro atoms. The molecule has 1 aliphatic rings. The first-order valence-electron chi connectivity index (χ1n) is 9.26. The highest BCUT2D eigenvalue weighted by molar-refractivity contribution is 9.10. The maximum absolute atomic E-state index is 12.6. The number of furan rings is 1. The van der Waals surface area contributed by atoms with Crippen LogP contribution in [-0.4, -0.2) is 31.5 Å². The van der Waals surface area contributed by atoms with E-state index in [0.717, 1.165) is 5.56 Å². The number of anilines is 2. The highest BCUT2D eigenvalue weighted by Crippen LogP contribution is 2.35. The first-order chi connectivity index (χ1) is 14.9. The smallest absolute Gasteiger partial charge is 0.337 e. The summed E-state index contributed by atoms with van der Waals surface area (Å²) < 4.78 is 16.0. The van der Waals surface area contributed by atoms with Gasteiger partial charge in [0.05, 0.1) is 24.9 Å². The molecule has 0 aliphatic carbocycles. The van der Waals surface area contributed by atoms with Crippen molar-refractivity contribution in [3.63, 3.8) is 0 Å². The molecule has 158 valence electrons. The molecular weight excluding hydrogens is 468 g/mol. The molecule has 0 bridgehead atoms. The number of benzene rings is 2. The zero-order valence-corrected chi connectivity index (χ0v) is 18.0. The lowest BCUT2D eigenvalue weighted by Crippen LogP contribution is -2.38. The Labute approximate surface area is 185 Å². The Morgan fingerprint density at radius 1 is 1.16 bits per heavy atom. The maximum Gasteiger partial charge on any atom is 0.337 e. The van der Waals surface area contributed by atoms with Crippen LogP contribution in [0, 0.1) is 0 Å². The molecular formula is C22H17BrN2O6. The number of rotatable bonds is 5. The molecule has 4 rings (SSSR count). The molecule has 2 amide bonds. The van der Waals surface area contributed by atoms with Crippen LogP contribution in [0.1, 0.15) is 26.5 Å². The lowest BCUT2D eigenvalue weighted by Gasteiger charge is -2.30. The molecule has 9 heteroatoms. The van der Waals surface area contributed by atoms with Gasteiger partial charge in [-0.1, -0.05) is 12.1 Å². The van der Waals surface area contributed by atoms with Gasteiger partial charge in [0.2, 0.25) is 0 Å². The number of halogens is 1. The van der Waals surface area contributed by atoms with E-state index in [1.807, 2.05) is 6.07 Å². The van der Waals surface area contributed by atoms with E-state index in [9.17, 15) is 14.4 Å². The van der Waals surface area contributed by atoms with Crippen LogP contribution >= 0.6 is 15.9 Å². The Morgan fingerprint density at radius 3 is 2.74 bits per heavy atom. The van der Waals surface area contributed by atoms with Gasteiger partial charge in [0.15, 0.2) is 17.0 Å². The molecule has 0 atom stereocenters. The Hall–Kier alpha value is -3.59. The number of carbonyl (C=O) groups excluding carboxylic acids is 3. The van der Waals surface area contributed by atoms with Crippen molar-refractivity contribution in [2.75, 3.05) is 23.9 Å². The summed E-state index contributed by atoms with van der Waals surface area (Å²) in [5.74, 6) is -0.457. The zero-order chi connectivity index (χ0) is 22.0. The van der Waals surface area contributed by atoms with Crippen LogP contribution in [0.25, 0.3) is 0 Å². The number of fused-ring (bicyclic) bond motifs is 1. The van der Waals surface area contributed by atoms with E-state index in [2.05, 4.69) is 21.2 Å². The summed E-state index contributed by atoms with van der Waals surface area (Å²) in [7, 11) is 1.31. The second-order valence-electron chi connectivity index (χ2n) is 6.70. The Bertz CT molecular complexity index is 1170. The second-order valence-corrected chi connectivity index (χ2v) is 7.48. The van der Waals surface area contributed by atoms with Crippen LogP contribution < -0.4 is 15.0 Å². The number of carbonyl (C=O) groups is 3. The number of methoxy groups -OCH3 is 1. The van der Waals surface area contributed by atoms with E-state index in [0.29, 0.717) is 27.4 Å². The number of hydrogen-bond acceptors (Lipinski definition) is 6. The van der Waals surface area contributed by atoms with Crippen LogP contribution in [0.4, 0.5) is 11.4 Å². The fraction of sp³-hybridized carbons (Fsp3) is 0.136. The van der Waals surface area contributed by atoms with E-state index in [1.54, 1.807) is 53.4 Å². The third-order valence-electron chi connectivity index (χ3n) is 4.65. The van der Waals surface area contributed by atoms with Crippen molar-refractivity contribution in [2.45, 2.75) is 6.54 Å². The van der Waals surface area contributed by atoms with Gasteiger partial charge in [0, 0.05) is 5.69 Å². The van der Waals surface area contributed by atoms with Crippen molar-refractivity contribution >= 4 is 45.1 Å². The van der Waals surface area contributed by atoms with Crippen LogP contribution in [-0.2, 0) is 16.1 Å². The minimum Gasteiger partial charge on any atom is -0.482 e. The predicted molar refractivity (Wildman–Crippen MR) is 115 cm³/mol. The molecule has 1 aliphatic heterocycles. The fourth-order valence-corrected chi connectivity index (χ4v) is 3.49. The van der Waals surface area contributed by atoms with Crippen LogP contribution in [0.5, 0.6) is 5.75 Å². The summed E-state index contributed by atoms with van der Waals surface area (Å²) in [6, 6.07) is 15.1. The van der Waals surface area contributed by atoms with Crippen LogP contribution in [0.2, 0.25) is 0 Å². The second kappa shape index (κ2) is 8.65. The highest BCUT2D eigenvalue weighted by Gasteiger charge is 2.26. The molecule has 0 fully saturated rings. The Morgan fingerprint density at radius 2 is 2.00 bits per heavy atom. The summed E-state index contributed by atoms with van der Waals surface area (Å²) in [6.07, 6.45) is 0. The quantitative estimate of drug-likeness (QED) is 0.549. The number of hydrogen-bond donors (Lipinski definition) is 1. The monoisotopic (exact) mass is 484 g/mol. The maximum atomic E-state index is 12.6. The van der Waals surface area contributed by atoms with Crippen LogP contribution in [0.15, 0.2) is 63.7 Å². The summed E-state index contributed by atoms with van der Waals surface area (Å²) in [4.78, 5) is 38.3. The normalized spacial score (nSPS) is 12.7. The zero-order valence-electron chi connectivity index (χ0n) is 16.4. The molecule has 1 aromatic heterocycles. The van der Waals surface area contributed by atoms with Gasteiger partial charge in [0.1, 0.15) is 5.75 Å². The molecule has 0 saturated heterocycles. The van der Waals surface area contributed by atoms with E-state index >= 15 is 0 Å². The Kier molecular flexibility index (Phi) is 5.77. The number of nitrogens with one attached hydrogen (secondary N) is 1. The van der Waals surface area contributed by atoms with E-state index in [1.165, 1.54) is 7.11 Å². The number of ether oxygens (including phenoxy) is 2. The lowest BCUT2D eigenvalue weighted by atomic mass is 10.1. The first-order valence-corrected chi connectivity index (χ1v) is 10.0. The fourth-order valence-electron chi connectivity index (χ4n) is 3.18. The molecule has 2 heterocycles. The van der Waals surface area contributed by atoms with Crippen molar-refractivity contribution < 1.29 is 28.3 Å². The first kappa shape index (κ1) is 20.7. The third-order valence-corrected chi connectivity index (χ3v) is 5.07. The van der Waals surface area contributed by atoms with Gasteiger partial charge in [-0.15, -0.1) is 0 Å². The average molecular weight is 485 g/mol. The average Bonchev–Trinajstić information content (AvgIpc) is 3.22. The summed E-state index contributed by atoms with van der Waals surface area (Å²) in [6.45, 7) is 0.123. The minimum absolute atomic E-state index is 0.101. The SMILES string of the molecule is COC(=O)c1cccc(CN2C(=O)COc3ccc(NC(=O)c4ccc(Br)o4)cc32)c1. The molecule has 2 aromatic carbocycles. The molecule has 31 heavy (non-hydrogen) atoms. The van der Waals surface area contributed by atoms with Crippen molar-refractivity contribution in [2.24, 2.45) is 0 Å². The molecule has 3 aromatic rings. The van der Waals surface area contributed by atoms with Crippen molar-refractivity contribution in [1.29, 1.82) is 0 Å². The van der Waals surface area contributed by atoms with Gasteiger partial charge in [-0.05, 0) is 64.0 Å². The van der Waals surface area contributed by atoms with Gasteiger partial charge in [-0.25, -0.2) is 4.79 Å².